The van der Waals surface area contributed by atoms with Crippen LogP contribution in [-0.4, -0.2) is 19.7 Å². The van der Waals surface area contributed by atoms with Crippen LogP contribution in [-0.2, 0) is 0 Å². The number of methoxy groups -OCH3 is 1. The molecule has 0 spiro atoms. The number of rotatable bonds is 7. The lowest BCUT2D eigenvalue weighted by Gasteiger charge is -2.30. The zero-order valence-corrected chi connectivity index (χ0v) is 12.4. The third-order valence-electron chi connectivity index (χ3n) is 3.24. The van der Waals surface area contributed by atoms with E-state index < -0.39 is 5.82 Å². The van der Waals surface area contributed by atoms with E-state index in [1.54, 1.807) is 6.07 Å². The monoisotopic (exact) mass is 268 g/mol. The molecule has 0 unspecified atom stereocenters. The Morgan fingerprint density at radius 1 is 1.32 bits per heavy atom. The summed E-state index contributed by atoms with van der Waals surface area (Å²) in [5.74, 6) is -0.175. The second-order valence-corrected chi connectivity index (χ2v) is 5.04. The van der Waals surface area contributed by atoms with Crippen LogP contribution in [0.5, 0.6) is 5.75 Å². The van der Waals surface area contributed by atoms with Gasteiger partial charge in [0.25, 0.3) is 0 Å². The molecule has 0 aliphatic rings. The highest BCUT2D eigenvalue weighted by Gasteiger charge is 2.16. The van der Waals surface area contributed by atoms with Crippen LogP contribution in [0.15, 0.2) is 12.1 Å². The van der Waals surface area contributed by atoms with Crippen molar-refractivity contribution in [1.82, 2.24) is 0 Å². The van der Waals surface area contributed by atoms with Crippen molar-refractivity contribution in [3.05, 3.63) is 17.9 Å². The van der Waals surface area contributed by atoms with E-state index in [1.165, 1.54) is 26.0 Å². The fourth-order valence-electron chi connectivity index (χ4n) is 2.15. The van der Waals surface area contributed by atoms with Crippen LogP contribution in [0.1, 0.15) is 40.0 Å². The fourth-order valence-corrected chi connectivity index (χ4v) is 2.15. The molecule has 2 N–H and O–H groups in total. The molecule has 0 saturated heterocycles. The molecule has 1 aromatic carbocycles. The summed E-state index contributed by atoms with van der Waals surface area (Å²) in [5.41, 5.74) is 7.26. The number of benzene rings is 1. The molecule has 0 aliphatic heterocycles. The molecule has 1 aromatic rings. The topological polar surface area (TPSA) is 38.5 Å². The van der Waals surface area contributed by atoms with Crippen LogP contribution in [0.2, 0.25) is 0 Å². The Kier molecular flexibility index (Phi) is 5.93. The van der Waals surface area contributed by atoms with Gasteiger partial charge in [-0.1, -0.05) is 19.8 Å². The van der Waals surface area contributed by atoms with Crippen LogP contribution in [0.4, 0.5) is 15.8 Å². The van der Waals surface area contributed by atoms with E-state index in [2.05, 4.69) is 25.7 Å². The molecule has 108 valence electrons. The largest absolute Gasteiger partial charge is 0.494 e. The average molecular weight is 268 g/mol. The predicted octanol–water partition coefficient (Wildman–Crippen LogP) is 3.82. The van der Waals surface area contributed by atoms with Gasteiger partial charge in [0.2, 0.25) is 0 Å². The number of halogens is 1. The van der Waals surface area contributed by atoms with Crippen molar-refractivity contribution in [2.24, 2.45) is 0 Å². The second kappa shape index (κ2) is 7.22. The summed E-state index contributed by atoms with van der Waals surface area (Å²) in [4.78, 5) is 2.20. The van der Waals surface area contributed by atoms with Crippen molar-refractivity contribution in [2.75, 3.05) is 24.3 Å². The molecule has 0 atom stereocenters. The van der Waals surface area contributed by atoms with Crippen molar-refractivity contribution in [2.45, 2.75) is 46.1 Å². The lowest BCUT2D eigenvalue weighted by atomic mass is 10.1. The first-order valence-electron chi connectivity index (χ1n) is 6.90. The Bertz CT molecular complexity index is 407. The van der Waals surface area contributed by atoms with E-state index in [9.17, 15) is 4.39 Å². The van der Waals surface area contributed by atoms with E-state index in [0.29, 0.717) is 11.7 Å². The molecule has 0 aromatic heterocycles. The predicted molar refractivity (Wildman–Crippen MR) is 79.4 cm³/mol. The summed E-state index contributed by atoms with van der Waals surface area (Å²) < 4.78 is 18.6. The molecular weight excluding hydrogens is 243 g/mol. The molecule has 0 amide bonds. The molecule has 0 fully saturated rings. The molecule has 4 heteroatoms. The smallest absolute Gasteiger partial charge is 0.167 e. The fraction of sp³-hybridized carbons (Fsp3) is 0.600. The number of anilines is 2. The molecular formula is C15H25FN2O. The highest BCUT2D eigenvalue weighted by molar-refractivity contribution is 5.70. The molecule has 1 rings (SSSR count). The molecule has 0 heterocycles. The summed E-state index contributed by atoms with van der Waals surface area (Å²) in [5, 5.41) is 0. The normalized spacial score (nSPS) is 10.8. The average Bonchev–Trinajstić information content (AvgIpc) is 2.35. The van der Waals surface area contributed by atoms with Crippen molar-refractivity contribution < 1.29 is 9.13 Å². The lowest BCUT2D eigenvalue weighted by molar-refractivity contribution is 0.386. The van der Waals surface area contributed by atoms with Crippen molar-refractivity contribution in [1.29, 1.82) is 0 Å². The summed E-state index contributed by atoms with van der Waals surface area (Å²) >= 11 is 0. The number of nitrogens with zero attached hydrogens (tertiary/aromatic N) is 1. The van der Waals surface area contributed by atoms with Crippen LogP contribution in [0, 0.1) is 5.82 Å². The van der Waals surface area contributed by atoms with Gasteiger partial charge in [-0.25, -0.2) is 4.39 Å². The van der Waals surface area contributed by atoms with Crippen LogP contribution >= 0.6 is 0 Å². The quantitative estimate of drug-likeness (QED) is 0.603. The molecule has 0 bridgehead atoms. The van der Waals surface area contributed by atoms with Gasteiger partial charge in [-0.15, -0.1) is 0 Å². The number of ether oxygens (including phenoxy) is 1. The van der Waals surface area contributed by atoms with Gasteiger partial charge in [-0.3, -0.25) is 0 Å². The van der Waals surface area contributed by atoms with E-state index in [4.69, 9.17) is 10.5 Å². The van der Waals surface area contributed by atoms with Crippen LogP contribution in [0.25, 0.3) is 0 Å². The SMILES string of the molecule is CCCCCN(c1cc(OC)c(F)cc1N)C(C)C. The minimum atomic E-state index is -0.416. The van der Waals surface area contributed by atoms with Gasteiger partial charge < -0.3 is 15.4 Å². The van der Waals surface area contributed by atoms with Crippen LogP contribution < -0.4 is 15.4 Å². The minimum absolute atomic E-state index is 0.241. The number of hydrogen-bond acceptors (Lipinski definition) is 3. The molecule has 19 heavy (non-hydrogen) atoms. The Labute approximate surface area is 115 Å². The standard InChI is InChI=1S/C15H25FN2O/c1-5-6-7-8-18(11(2)3)14-10-15(19-4)12(16)9-13(14)17/h9-11H,5-8,17H2,1-4H3. The first kappa shape index (κ1) is 15.6. The zero-order chi connectivity index (χ0) is 14.4. The Morgan fingerprint density at radius 3 is 2.53 bits per heavy atom. The van der Waals surface area contributed by atoms with E-state index >= 15 is 0 Å². The highest BCUT2D eigenvalue weighted by atomic mass is 19.1. The van der Waals surface area contributed by atoms with E-state index in [0.717, 1.165) is 18.7 Å². The maximum Gasteiger partial charge on any atom is 0.167 e. The zero-order valence-electron chi connectivity index (χ0n) is 12.4. The third-order valence-corrected chi connectivity index (χ3v) is 3.24. The van der Waals surface area contributed by atoms with Gasteiger partial charge in [0.05, 0.1) is 18.5 Å². The van der Waals surface area contributed by atoms with Crippen LogP contribution in [0.3, 0.4) is 0 Å². The van der Waals surface area contributed by atoms with Gasteiger partial charge in [0.15, 0.2) is 11.6 Å². The second-order valence-electron chi connectivity index (χ2n) is 5.04. The summed E-state index contributed by atoms with van der Waals surface area (Å²) in [6.07, 6.45) is 3.46. The number of nitrogens with two attached hydrogens (primary N) is 1. The van der Waals surface area contributed by atoms with Gasteiger partial charge >= 0.3 is 0 Å². The summed E-state index contributed by atoms with van der Waals surface area (Å²) in [6, 6.07) is 3.34. The Morgan fingerprint density at radius 2 is 2.00 bits per heavy atom. The Balaban J connectivity index is 3.01. The maximum atomic E-state index is 13.6. The van der Waals surface area contributed by atoms with E-state index in [-0.39, 0.29) is 5.75 Å². The first-order chi connectivity index (χ1) is 9.01. The third kappa shape index (κ3) is 4.01. The summed E-state index contributed by atoms with van der Waals surface area (Å²) in [7, 11) is 1.47. The van der Waals surface area contributed by atoms with Gasteiger partial charge in [0, 0.05) is 24.7 Å². The molecule has 0 aliphatic carbocycles. The van der Waals surface area contributed by atoms with Crippen molar-refractivity contribution >= 4 is 11.4 Å². The van der Waals surface area contributed by atoms with Gasteiger partial charge in [-0.2, -0.15) is 0 Å². The molecule has 3 nitrogen and oxygen atoms in total. The number of unbranched alkanes of at least 4 members (excludes halogenated alkanes) is 2. The number of hydrogen-bond donors (Lipinski definition) is 1. The maximum absolute atomic E-state index is 13.6. The Hall–Kier alpha value is -1.45. The molecule has 0 radical (unpaired) electrons. The van der Waals surface area contributed by atoms with Gasteiger partial charge in [-0.05, 0) is 20.3 Å². The highest BCUT2D eigenvalue weighted by Crippen LogP contribution is 2.32. The van der Waals surface area contributed by atoms with Crippen molar-refractivity contribution in [3.8, 4) is 5.75 Å². The molecule has 0 saturated carbocycles. The summed E-state index contributed by atoms with van der Waals surface area (Å²) in [6.45, 7) is 7.32. The minimum Gasteiger partial charge on any atom is -0.494 e. The van der Waals surface area contributed by atoms with Crippen molar-refractivity contribution in [3.63, 3.8) is 0 Å². The lowest BCUT2D eigenvalue weighted by Crippen LogP contribution is -2.32. The first-order valence-corrected chi connectivity index (χ1v) is 6.90. The van der Waals surface area contributed by atoms with E-state index in [1.807, 2.05) is 0 Å². The van der Waals surface area contributed by atoms with Gasteiger partial charge in [0.1, 0.15) is 0 Å². The number of nitrogen functional groups attached to an aromatic ring is 1.